The van der Waals surface area contributed by atoms with Gasteiger partial charge in [-0.1, -0.05) is 19.1 Å². The third-order valence-electron chi connectivity index (χ3n) is 5.31. The van der Waals surface area contributed by atoms with Crippen LogP contribution in [0.5, 0.6) is 0 Å². The Morgan fingerprint density at radius 3 is 2.41 bits per heavy atom. The third-order valence-corrected chi connectivity index (χ3v) is 7.00. The van der Waals surface area contributed by atoms with Crippen molar-refractivity contribution in [1.82, 2.24) is 24.4 Å². The van der Waals surface area contributed by atoms with E-state index < -0.39 is 0 Å². The molecule has 0 spiro atoms. The highest BCUT2D eigenvalue weighted by atomic mass is 32.2. The Balaban J connectivity index is 1.64. The standard InChI is InChI=1S/C22H27N7OS2/c1-4-17(30)13-16-5-7-18(8-6-16)32-22-25-20(28-11-9-27(3)10-12-28)24-21(26-22)29-14-15(2)31-19(29)23/h5-8,14,23H,4,9-13H2,1-3H3. The van der Waals surface area contributed by atoms with Crippen molar-refractivity contribution in [2.24, 2.45) is 0 Å². The number of hydrogen-bond acceptors (Lipinski definition) is 9. The molecule has 1 N–H and O–H groups in total. The number of nitrogens with one attached hydrogen (secondary N) is 1. The smallest absolute Gasteiger partial charge is 0.241 e. The Bertz CT molecular complexity index is 1150. The normalized spacial score (nSPS) is 14.7. The highest BCUT2D eigenvalue weighted by Gasteiger charge is 2.20. The number of aromatic nitrogens is 4. The molecule has 1 aliphatic heterocycles. The lowest BCUT2D eigenvalue weighted by Gasteiger charge is -2.32. The second-order valence-electron chi connectivity index (χ2n) is 7.84. The molecule has 3 aromatic rings. The van der Waals surface area contributed by atoms with E-state index in [4.69, 9.17) is 15.4 Å². The number of aryl methyl sites for hydroxylation is 1. The van der Waals surface area contributed by atoms with Crippen LogP contribution in [0.15, 0.2) is 40.5 Å². The van der Waals surface area contributed by atoms with Crippen molar-refractivity contribution in [3.8, 4) is 5.95 Å². The molecule has 0 atom stereocenters. The van der Waals surface area contributed by atoms with Gasteiger partial charge in [0.1, 0.15) is 5.78 Å². The molecule has 1 fully saturated rings. The summed E-state index contributed by atoms with van der Waals surface area (Å²) in [5.74, 6) is 1.35. The molecule has 0 amide bonds. The summed E-state index contributed by atoms with van der Waals surface area (Å²) in [6.07, 6.45) is 2.91. The van der Waals surface area contributed by atoms with Crippen molar-refractivity contribution in [2.75, 3.05) is 38.1 Å². The van der Waals surface area contributed by atoms with Gasteiger partial charge in [-0.15, -0.1) is 11.3 Å². The number of likely N-dealkylation sites (N-methyl/N-ethyl adjacent to an activating group) is 1. The van der Waals surface area contributed by atoms with Crippen LogP contribution in [0.3, 0.4) is 0 Å². The van der Waals surface area contributed by atoms with E-state index in [9.17, 15) is 4.79 Å². The van der Waals surface area contributed by atoms with Crippen LogP contribution in [0.4, 0.5) is 5.95 Å². The summed E-state index contributed by atoms with van der Waals surface area (Å²) in [6, 6.07) is 7.97. The molecule has 8 nitrogen and oxygen atoms in total. The summed E-state index contributed by atoms with van der Waals surface area (Å²) in [4.78, 5) is 32.7. The Morgan fingerprint density at radius 1 is 1.09 bits per heavy atom. The molecule has 0 unspecified atom stereocenters. The Kier molecular flexibility index (Phi) is 7.02. The number of carbonyl (C=O) groups is 1. The first-order valence-corrected chi connectivity index (χ1v) is 12.3. The predicted octanol–water partition coefficient (Wildman–Crippen LogP) is 2.94. The number of nitrogens with zero attached hydrogens (tertiary/aromatic N) is 6. The zero-order chi connectivity index (χ0) is 22.7. The maximum atomic E-state index is 11.7. The number of ketones is 1. The van der Waals surface area contributed by atoms with E-state index in [-0.39, 0.29) is 5.78 Å². The van der Waals surface area contributed by atoms with Gasteiger partial charge < -0.3 is 9.80 Å². The fraction of sp³-hybridized carbons (Fsp3) is 0.409. The van der Waals surface area contributed by atoms with Crippen molar-refractivity contribution < 1.29 is 4.79 Å². The number of Topliss-reactive ketones (excluding diaryl/α,β-unsaturated/α-hetero) is 1. The third kappa shape index (κ3) is 5.43. The largest absolute Gasteiger partial charge is 0.338 e. The van der Waals surface area contributed by atoms with Crippen molar-refractivity contribution in [3.05, 3.63) is 45.7 Å². The quantitative estimate of drug-likeness (QED) is 0.569. The van der Waals surface area contributed by atoms with Gasteiger partial charge in [0.25, 0.3) is 0 Å². The van der Waals surface area contributed by atoms with Gasteiger partial charge >= 0.3 is 0 Å². The van der Waals surface area contributed by atoms with Crippen LogP contribution >= 0.6 is 23.1 Å². The highest BCUT2D eigenvalue weighted by Crippen LogP contribution is 2.27. The summed E-state index contributed by atoms with van der Waals surface area (Å²) in [7, 11) is 2.12. The van der Waals surface area contributed by atoms with Crippen LogP contribution in [0.2, 0.25) is 0 Å². The van der Waals surface area contributed by atoms with Crippen LogP contribution in [0, 0.1) is 12.3 Å². The van der Waals surface area contributed by atoms with Gasteiger partial charge in [0.2, 0.25) is 11.9 Å². The lowest BCUT2D eigenvalue weighted by Crippen LogP contribution is -2.45. The van der Waals surface area contributed by atoms with E-state index in [1.807, 2.05) is 44.3 Å². The molecule has 10 heteroatoms. The maximum absolute atomic E-state index is 11.7. The number of thiazole rings is 1. The van der Waals surface area contributed by atoms with E-state index in [1.54, 1.807) is 4.57 Å². The Morgan fingerprint density at radius 2 is 1.78 bits per heavy atom. The van der Waals surface area contributed by atoms with Crippen molar-refractivity contribution in [1.29, 1.82) is 5.41 Å². The maximum Gasteiger partial charge on any atom is 0.241 e. The fourth-order valence-corrected chi connectivity index (χ4v) is 4.82. The Labute approximate surface area is 195 Å². The SMILES string of the molecule is CCC(=O)Cc1ccc(Sc2nc(N3CCN(C)CC3)nc(-n3cc(C)sc3=N)n2)cc1. The van der Waals surface area contributed by atoms with Crippen molar-refractivity contribution in [3.63, 3.8) is 0 Å². The highest BCUT2D eigenvalue weighted by molar-refractivity contribution is 7.99. The summed E-state index contributed by atoms with van der Waals surface area (Å²) in [5.41, 5.74) is 1.01. The molecule has 0 aliphatic carbocycles. The molecule has 168 valence electrons. The first kappa shape index (κ1) is 22.6. The number of rotatable bonds is 7. The Hall–Kier alpha value is -2.56. The summed E-state index contributed by atoms with van der Waals surface area (Å²) in [5, 5.41) is 8.88. The van der Waals surface area contributed by atoms with Gasteiger partial charge in [-0.05, 0) is 43.4 Å². The van der Waals surface area contributed by atoms with Gasteiger partial charge in [0.15, 0.2) is 9.96 Å². The minimum atomic E-state index is 0.235. The number of piperazine rings is 1. The fourth-order valence-electron chi connectivity index (χ4n) is 3.39. The molecule has 1 aromatic carbocycles. The molecule has 0 bridgehead atoms. The molecule has 4 rings (SSSR count). The van der Waals surface area contributed by atoms with Gasteiger partial charge in [0, 0.05) is 55.0 Å². The van der Waals surface area contributed by atoms with Crippen LogP contribution in [-0.2, 0) is 11.2 Å². The zero-order valence-electron chi connectivity index (χ0n) is 18.5. The second-order valence-corrected chi connectivity index (χ2v) is 10.1. The predicted molar refractivity (Wildman–Crippen MR) is 127 cm³/mol. The first-order valence-electron chi connectivity index (χ1n) is 10.6. The van der Waals surface area contributed by atoms with E-state index in [2.05, 4.69) is 21.8 Å². The number of benzene rings is 1. The average molecular weight is 470 g/mol. The van der Waals surface area contributed by atoms with Crippen molar-refractivity contribution >= 4 is 34.8 Å². The molecular formula is C22H27N7OS2. The van der Waals surface area contributed by atoms with Gasteiger partial charge in [-0.2, -0.15) is 15.0 Å². The van der Waals surface area contributed by atoms with Gasteiger partial charge in [0.05, 0.1) is 0 Å². The lowest BCUT2D eigenvalue weighted by molar-refractivity contribution is -0.118. The number of hydrogen-bond donors (Lipinski definition) is 1. The monoisotopic (exact) mass is 469 g/mol. The molecule has 0 radical (unpaired) electrons. The van der Waals surface area contributed by atoms with Gasteiger partial charge in [-0.25, -0.2) is 0 Å². The first-order chi connectivity index (χ1) is 15.4. The number of anilines is 1. The molecule has 1 aliphatic rings. The molecule has 32 heavy (non-hydrogen) atoms. The lowest BCUT2D eigenvalue weighted by atomic mass is 10.1. The van der Waals surface area contributed by atoms with Gasteiger partial charge in [-0.3, -0.25) is 14.8 Å². The van der Waals surface area contributed by atoms with E-state index in [0.29, 0.717) is 34.7 Å². The van der Waals surface area contributed by atoms with Crippen molar-refractivity contribution in [2.45, 2.75) is 36.7 Å². The summed E-state index contributed by atoms with van der Waals surface area (Å²) < 4.78 is 1.71. The number of carbonyl (C=O) groups excluding carboxylic acids is 1. The van der Waals surface area contributed by atoms with E-state index in [1.165, 1.54) is 23.1 Å². The second kappa shape index (κ2) is 9.93. The molecule has 0 saturated carbocycles. The van der Waals surface area contributed by atoms with Crippen LogP contribution in [0.1, 0.15) is 23.8 Å². The topological polar surface area (TPSA) is 91.0 Å². The van der Waals surface area contributed by atoms with Crippen LogP contribution < -0.4 is 9.70 Å². The summed E-state index contributed by atoms with van der Waals surface area (Å²) >= 11 is 2.86. The molecular weight excluding hydrogens is 442 g/mol. The van der Waals surface area contributed by atoms with Crippen LogP contribution in [-0.4, -0.2) is 63.4 Å². The van der Waals surface area contributed by atoms with Crippen LogP contribution in [0.25, 0.3) is 5.95 Å². The van der Waals surface area contributed by atoms with E-state index >= 15 is 0 Å². The average Bonchev–Trinajstić information content (AvgIpc) is 3.13. The minimum Gasteiger partial charge on any atom is -0.338 e. The van der Waals surface area contributed by atoms with E-state index in [0.717, 1.165) is 41.5 Å². The molecule has 1 saturated heterocycles. The molecule has 3 heterocycles. The summed E-state index contributed by atoms with van der Waals surface area (Å²) in [6.45, 7) is 7.47. The minimum absolute atomic E-state index is 0.235. The zero-order valence-corrected chi connectivity index (χ0v) is 20.2. The molecule has 2 aromatic heterocycles.